The third-order valence-electron chi connectivity index (χ3n) is 15.2. The number of anilines is 1. The maximum atomic E-state index is 12.8. The summed E-state index contributed by atoms with van der Waals surface area (Å²) >= 11 is 0. The number of rotatable bonds is 18. The minimum Gasteiger partial charge on any atom is -0.431 e. The Morgan fingerprint density at radius 1 is 0.336 bits per heavy atom. The molecule has 0 spiro atoms. The Bertz CT molecular complexity index is 4200. The molecular weight excluding hydrogens is 1660 g/mol. The van der Waals surface area contributed by atoms with Crippen LogP contribution >= 0.6 is 0 Å². The molecule has 0 bridgehead atoms. The molecule has 110 heavy (non-hydrogen) atoms. The molecule has 12 rings (SSSR count). The first-order valence-electron chi connectivity index (χ1n) is 37.7. The number of aromatic nitrogens is 8. The van der Waals surface area contributed by atoms with Crippen molar-refractivity contribution in [1.29, 1.82) is 0 Å². The summed E-state index contributed by atoms with van der Waals surface area (Å²) in [4.78, 5) is 57.5. The predicted molar refractivity (Wildman–Crippen MR) is 464 cm³/mol. The van der Waals surface area contributed by atoms with Crippen LogP contribution in [0, 0.1) is 55.4 Å². The van der Waals surface area contributed by atoms with Crippen LogP contribution in [0.1, 0.15) is 153 Å². The molecular formula is C93H126N12OY4-8. The third-order valence-corrected chi connectivity index (χ3v) is 15.2. The van der Waals surface area contributed by atoms with Crippen molar-refractivity contribution in [2.75, 3.05) is 57.3 Å². The molecule has 17 heteroatoms. The van der Waals surface area contributed by atoms with E-state index in [1.807, 2.05) is 250 Å². The largest absolute Gasteiger partial charge is 0.431 e. The number of pyridine rings is 8. The van der Waals surface area contributed by atoms with E-state index < -0.39 is 0 Å². The number of hydrogen-bond donors (Lipinski definition) is 0. The van der Waals surface area contributed by atoms with E-state index in [9.17, 15) is 4.79 Å². The van der Waals surface area contributed by atoms with Gasteiger partial charge in [0.25, 0.3) is 0 Å². The first-order chi connectivity index (χ1) is 51.6. The van der Waals surface area contributed by atoms with Crippen LogP contribution in [-0.2, 0) is 137 Å². The van der Waals surface area contributed by atoms with Crippen molar-refractivity contribution in [2.45, 2.75) is 138 Å². The molecule has 1 atom stereocenters. The van der Waals surface area contributed by atoms with Gasteiger partial charge in [0.2, 0.25) is 5.91 Å². The molecule has 584 valence electrons. The van der Waals surface area contributed by atoms with Gasteiger partial charge in [0.1, 0.15) is 0 Å². The average Bonchev–Trinajstić information content (AvgIpc) is 0.817. The summed E-state index contributed by atoms with van der Waals surface area (Å²) in [6, 6.07) is 63.9. The van der Waals surface area contributed by atoms with Gasteiger partial charge < -0.3 is 75.0 Å². The van der Waals surface area contributed by atoms with Crippen molar-refractivity contribution in [3.05, 3.63) is 291 Å². The zero-order valence-electron chi connectivity index (χ0n) is 69.0. The van der Waals surface area contributed by atoms with E-state index in [0.717, 1.165) is 111 Å². The minimum absolute atomic E-state index is 0. The van der Waals surface area contributed by atoms with E-state index in [-0.39, 0.29) is 150 Å². The normalized spacial score (nSPS) is 9.63. The van der Waals surface area contributed by atoms with Crippen LogP contribution in [0.2, 0.25) is 0 Å². The van der Waals surface area contributed by atoms with Gasteiger partial charge in [-0.15, -0.1) is 52.4 Å². The molecule has 0 N–H and O–H groups in total. The maximum absolute atomic E-state index is 12.8. The van der Waals surface area contributed by atoms with Crippen LogP contribution < -0.4 is 4.90 Å². The smallest absolute Gasteiger partial charge is 0.249 e. The van der Waals surface area contributed by atoms with Crippen molar-refractivity contribution >= 4 is 55.2 Å². The average molecular weight is 1780 g/mol. The Morgan fingerprint density at radius 3 is 1.00 bits per heavy atom. The Hall–Kier alpha value is -5.27. The summed E-state index contributed by atoms with van der Waals surface area (Å²) in [7, 11) is 0. The summed E-state index contributed by atoms with van der Waals surface area (Å²) in [5, 5.41) is 4.29. The molecule has 0 aliphatic heterocycles. The number of nitrogens with zero attached hydrogens (tertiary/aromatic N) is 12. The molecule has 0 saturated heterocycles. The van der Waals surface area contributed by atoms with Crippen LogP contribution in [0.15, 0.2) is 219 Å². The summed E-state index contributed by atoms with van der Waals surface area (Å²) in [6.45, 7) is 71.6. The molecule has 0 aliphatic carbocycles. The van der Waals surface area contributed by atoms with Crippen molar-refractivity contribution in [3.63, 3.8) is 0 Å². The van der Waals surface area contributed by atoms with Crippen LogP contribution in [0.25, 0.3) is 89.2 Å². The molecule has 1 unspecified atom stereocenters. The second-order valence-corrected chi connectivity index (χ2v) is 20.5. The van der Waals surface area contributed by atoms with Gasteiger partial charge in [0, 0.05) is 195 Å². The van der Waals surface area contributed by atoms with Crippen LogP contribution in [0.4, 0.5) is 5.69 Å². The van der Waals surface area contributed by atoms with E-state index in [1.165, 1.54) is 21.9 Å². The Morgan fingerprint density at radius 2 is 0.645 bits per heavy atom. The topological polar surface area (TPSA) is 133 Å². The fourth-order valence-corrected chi connectivity index (χ4v) is 10.3. The van der Waals surface area contributed by atoms with Crippen molar-refractivity contribution < 1.29 is 136 Å². The molecule has 12 aromatic rings. The summed E-state index contributed by atoms with van der Waals surface area (Å²) in [5.41, 5.74) is 14.7. The Balaban J connectivity index is -0.000000413. The fraction of sp³-hybridized carbons (Fsp3) is 0.301. The molecule has 0 aliphatic rings. The summed E-state index contributed by atoms with van der Waals surface area (Å²) in [6.07, 6.45) is 7.09. The second-order valence-electron chi connectivity index (χ2n) is 20.5. The van der Waals surface area contributed by atoms with Crippen molar-refractivity contribution in [2.24, 2.45) is 0 Å². The van der Waals surface area contributed by atoms with E-state index in [1.54, 1.807) is 35.8 Å². The van der Waals surface area contributed by atoms with Gasteiger partial charge in [-0.3, -0.25) is 24.7 Å². The molecule has 1 amide bonds. The molecule has 0 fully saturated rings. The van der Waals surface area contributed by atoms with Gasteiger partial charge in [0.05, 0.1) is 73.2 Å². The number of fused-ring (bicyclic) bond motifs is 4. The zero-order chi connectivity index (χ0) is 78.5. The summed E-state index contributed by atoms with van der Waals surface area (Å²) < 4.78 is 0. The van der Waals surface area contributed by atoms with Crippen LogP contribution in [0.3, 0.4) is 0 Å². The van der Waals surface area contributed by atoms with Gasteiger partial charge in [0.15, 0.2) is 0 Å². The van der Waals surface area contributed by atoms with Crippen LogP contribution in [-0.4, -0.2) is 113 Å². The van der Waals surface area contributed by atoms with Gasteiger partial charge in [-0.25, -0.2) is 19.9 Å². The fourth-order valence-electron chi connectivity index (χ4n) is 10.3. The first-order valence-corrected chi connectivity index (χ1v) is 37.7. The monoisotopic (exact) mass is 1780 g/mol. The van der Waals surface area contributed by atoms with Gasteiger partial charge in [-0.05, 0) is 115 Å². The molecule has 8 heterocycles. The molecule has 13 nitrogen and oxygen atoms in total. The SMILES string of the molecule is C.CC.CC.CC.CC.CC.CC.CC.CC.[CH2-]CN(C[CH2-])C(=O)c1cc(-c2ccccn2)nc2ccccc12.[CH2-]CN(C[CH2-])C(C)c1cc(-c2ccccn2)nc2ccccc12.[CH2-]CN(C[CH2-])Cc1cc(-c2ccccn2)nc2ccccc12.[CH2-]CN(C[CH2-])c1cc(-c2ccccn2)nc2ccccc12.[Y].[Y].[Y].[Y]. The van der Waals surface area contributed by atoms with Gasteiger partial charge >= 0.3 is 0 Å². The number of benzene rings is 4. The quantitative estimate of drug-likeness (QED) is 0.0757. The maximum Gasteiger partial charge on any atom is 0.249 e. The minimum atomic E-state index is -0.0919. The number of hydrogen-bond acceptors (Lipinski definition) is 12. The Kier molecular flexibility index (Phi) is 71.3. The van der Waals surface area contributed by atoms with Crippen molar-refractivity contribution in [3.8, 4) is 45.6 Å². The third kappa shape index (κ3) is 34.8. The predicted octanol–water partition coefficient (Wildman–Crippen LogP) is 24.1. The molecule has 4 aromatic carbocycles. The number of para-hydroxylation sites is 4. The Labute approximate surface area is 768 Å². The van der Waals surface area contributed by atoms with E-state index in [0.29, 0.717) is 37.4 Å². The number of carbonyl (C=O) groups excluding carboxylic acids is 1. The molecule has 0 saturated carbocycles. The standard InChI is InChI=1S/C20H21N3.C19H17N3O.C19H19N3.C18H17N3.8C2H6.CH4.4Y/c1-4-23(5-2)15(3)17-14-20(19-12-8-9-13-21-19)22-18-11-7-6-10-16(17)18;1-3-22(4-2)19(23)15-13-18(17-11-7-8-12-20-17)21-16-10-6-5-9-14(15)16;1-3-22(4-2)14-15-13-19(18-11-7-8-12-20-18)21-17-10-6-5-9-16(15)17;1-3-21(4-2)18-13-17(16-11-7-8-12-19-16)20-15-10-6-5-9-14(15)18;8*1-2;;;;;/h6-15H,1-2,4-5H2,3H3;5-13H,1-4H2;5-13H,1-4,14H2;5-13H,1-4H2;8*1-2H3;1H4;;;;/q4*-2;;;;;;;;;;;;;. The number of amides is 1. The first kappa shape index (κ1) is 113. The van der Waals surface area contributed by atoms with Crippen molar-refractivity contribution in [1.82, 2.24) is 54.6 Å². The van der Waals surface area contributed by atoms with Gasteiger partial charge in [-0.1, -0.05) is 215 Å². The zero-order valence-corrected chi connectivity index (χ0v) is 80.3. The van der Waals surface area contributed by atoms with Gasteiger partial charge in [-0.2, -0.15) is 0 Å². The van der Waals surface area contributed by atoms with E-state index in [4.69, 9.17) is 15.0 Å². The van der Waals surface area contributed by atoms with Crippen LogP contribution in [0.5, 0.6) is 0 Å². The summed E-state index contributed by atoms with van der Waals surface area (Å²) in [5.74, 6) is -0.0919. The number of carbonyl (C=O) groups is 1. The molecule has 4 radical (unpaired) electrons. The molecule has 8 aromatic heterocycles. The van der Waals surface area contributed by atoms with E-state index in [2.05, 4.69) is 150 Å². The second kappa shape index (κ2) is 69.2. The van der Waals surface area contributed by atoms with E-state index >= 15 is 0 Å².